The summed E-state index contributed by atoms with van der Waals surface area (Å²) in [5.41, 5.74) is 0.955. The summed E-state index contributed by atoms with van der Waals surface area (Å²) in [6, 6.07) is 7.49. The van der Waals surface area contributed by atoms with E-state index in [0.29, 0.717) is 5.75 Å². The van der Waals surface area contributed by atoms with Crippen LogP contribution in [0.15, 0.2) is 24.3 Å². The molecule has 1 rings (SSSR count). The lowest BCUT2D eigenvalue weighted by Crippen LogP contribution is -2.16. The van der Waals surface area contributed by atoms with E-state index >= 15 is 0 Å². The van der Waals surface area contributed by atoms with Crippen LogP contribution in [0, 0.1) is 12.3 Å². The quantitative estimate of drug-likeness (QED) is 0.691. The van der Waals surface area contributed by atoms with E-state index in [4.69, 9.17) is 11.2 Å². The van der Waals surface area contributed by atoms with Crippen LogP contribution >= 0.6 is 0 Å². The zero-order valence-electron chi connectivity index (χ0n) is 13.0. The maximum atomic E-state index is 12.0. The van der Waals surface area contributed by atoms with Crippen molar-refractivity contribution in [3.63, 3.8) is 0 Å². The van der Waals surface area contributed by atoms with Crippen molar-refractivity contribution in [3.8, 4) is 18.1 Å². The fourth-order valence-electron chi connectivity index (χ4n) is 2.06. The van der Waals surface area contributed by atoms with Crippen molar-refractivity contribution in [2.75, 3.05) is 11.5 Å². The first kappa shape index (κ1) is 17.6. The molecule has 0 heterocycles. The number of sulfone groups is 1. The molecule has 0 aliphatic heterocycles. The lowest BCUT2D eigenvalue weighted by Gasteiger charge is -2.15. The number of hydrogen-bond donors (Lipinski definition) is 0. The van der Waals surface area contributed by atoms with Crippen LogP contribution in [0.2, 0.25) is 0 Å². The molecule has 0 unspecified atom stereocenters. The standard InChI is InChI=1S/C17H24O3S/c1-5-7-11-21(18,19)13-14(3)16-9-8-10-17(12-16)20-15(4)6-2/h2,8-10,12,14-15H,5,7,11,13H2,1,3-4H3/t14-,15+/m0/s1. The van der Waals surface area contributed by atoms with Crippen LogP contribution < -0.4 is 4.74 Å². The Morgan fingerprint density at radius 1 is 1.33 bits per heavy atom. The Balaban J connectivity index is 2.77. The molecule has 0 aliphatic carbocycles. The van der Waals surface area contributed by atoms with Crippen molar-refractivity contribution in [2.45, 2.75) is 45.6 Å². The predicted octanol–water partition coefficient (Wildman–Crippen LogP) is 3.41. The molecule has 21 heavy (non-hydrogen) atoms. The van der Waals surface area contributed by atoms with Gasteiger partial charge in [-0.1, -0.05) is 38.3 Å². The van der Waals surface area contributed by atoms with Gasteiger partial charge in [0.1, 0.15) is 5.75 Å². The Morgan fingerprint density at radius 2 is 2.05 bits per heavy atom. The number of hydrogen-bond acceptors (Lipinski definition) is 3. The zero-order chi connectivity index (χ0) is 15.9. The van der Waals surface area contributed by atoms with Gasteiger partial charge in [-0.25, -0.2) is 8.42 Å². The van der Waals surface area contributed by atoms with Crippen molar-refractivity contribution in [1.29, 1.82) is 0 Å². The zero-order valence-corrected chi connectivity index (χ0v) is 13.8. The molecule has 0 fully saturated rings. The van der Waals surface area contributed by atoms with Crippen LogP contribution in [-0.2, 0) is 9.84 Å². The second-order valence-electron chi connectivity index (χ2n) is 5.37. The van der Waals surface area contributed by atoms with E-state index in [9.17, 15) is 8.42 Å². The SMILES string of the molecule is C#C[C@@H](C)Oc1cccc([C@@H](C)CS(=O)(=O)CCCC)c1. The minimum Gasteiger partial charge on any atom is -0.478 e. The molecule has 116 valence electrons. The van der Waals surface area contributed by atoms with Crippen molar-refractivity contribution in [3.05, 3.63) is 29.8 Å². The summed E-state index contributed by atoms with van der Waals surface area (Å²) in [5.74, 6) is 3.55. The van der Waals surface area contributed by atoms with Gasteiger partial charge in [-0.15, -0.1) is 6.42 Å². The van der Waals surface area contributed by atoms with Crippen LogP contribution in [-0.4, -0.2) is 26.0 Å². The summed E-state index contributed by atoms with van der Waals surface area (Å²) < 4.78 is 29.6. The first-order chi connectivity index (χ1) is 9.88. The van der Waals surface area contributed by atoms with E-state index in [1.165, 1.54) is 0 Å². The van der Waals surface area contributed by atoms with E-state index in [1.807, 2.05) is 38.1 Å². The second kappa shape index (κ2) is 8.09. The average Bonchev–Trinajstić information content (AvgIpc) is 2.45. The molecular formula is C17H24O3S. The molecule has 2 atom stereocenters. The molecule has 0 saturated carbocycles. The molecule has 0 saturated heterocycles. The Hall–Kier alpha value is -1.47. The Morgan fingerprint density at radius 3 is 2.67 bits per heavy atom. The van der Waals surface area contributed by atoms with E-state index in [0.717, 1.165) is 18.4 Å². The maximum Gasteiger partial charge on any atom is 0.156 e. The third-order valence-electron chi connectivity index (χ3n) is 3.29. The summed E-state index contributed by atoms with van der Waals surface area (Å²) in [6.45, 7) is 5.71. The van der Waals surface area contributed by atoms with Gasteiger partial charge in [0, 0.05) is 0 Å². The Kier molecular flexibility index (Phi) is 6.77. The van der Waals surface area contributed by atoms with E-state index in [1.54, 1.807) is 6.92 Å². The lowest BCUT2D eigenvalue weighted by molar-refractivity contribution is 0.278. The molecule has 1 aromatic rings. The largest absolute Gasteiger partial charge is 0.478 e. The highest BCUT2D eigenvalue weighted by atomic mass is 32.2. The Bertz CT molecular complexity index is 584. The molecule has 0 amide bonds. The molecule has 0 N–H and O–H groups in total. The summed E-state index contributed by atoms with van der Waals surface area (Å²) >= 11 is 0. The number of ether oxygens (including phenoxy) is 1. The Labute approximate surface area is 128 Å². The van der Waals surface area contributed by atoms with Gasteiger partial charge < -0.3 is 4.74 Å². The monoisotopic (exact) mass is 308 g/mol. The van der Waals surface area contributed by atoms with E-state index < -0.39 is 9.84 Å². The van der Waals surface area contributed by atoms with Crippen molar-refractivity contribution in [1.82, 2.24) is 0 Å². The third-order valence-corrected chi connectivity index (χ3v) is 5.21. The van der Waals surface area contributed by atoms with Gasteiger partial charge in [-0.3, -0.25) is 0 Å². The average molecular weight is 308 g/mol. The smallest absolute Gasteiger partial charge is 0.156 e. The lowest BCUT2D eigenvalue weighted by atomic mass is 10.0. The highest BCUT2D eigenvalue weighted by molar-refractivity contribution is 7.91. The molecule has 0 spiro atoms. The van der Waals surface area contributed by atoms with Gasteiger partial charge in [0.25, 0.3) is 0 Å². The van der Waals surface area contributed by atoms with E-state index in [-0.39, 0.29) is 23.5 Å². The molecule has 0 radical (unpaired) electrons. The van der Waals surface area contributed by atoms with Gasteiger partial charge in [0.15, 0.2) is 15.9 Å². The predicted molar refractivity (Wildman–Crippen MR) is 87.3 cm³/mol. The number of unbranched alkanes of at least 4 members (excludes halogenated alkanes) is 1. The van der Waals surface area contributed by atoms with Gasteiger partial charge in [-0.05, 0) is 37.0 Å². The van der Waals surface area contributed by atoms with Crippen molar-refractivity contribution < 1.29 is 13.2 Å². The number of benzene rings is 1. The van der Waals surface area contributed by atoms with Gasteiger partial charge in [-0.2, -0.15) is 0 Å². The fourth-order valence-corrected chi connectivity index (χ4v) is 3.91. The molecule has 3 nitrogen and oxygen atoms in total. The molecule has 0 bridgehead atoms. The minimum atomic E-state index is -3.00. The van der Waals surface area contributed by atoms with Gasteiger partial charge in [0.05, 0.1) is 11.5 Å². The van der Waals surface area contributed by atoms with E-state index in [2.05, 4.69) is 5.92 Å². The highest BCUT2D eigenvalue weighted by Crippen LogP contribution is 2.23. The fraction of sp³-hybridized carbons (Fsp3) is 0.529. The van der Waals surface area contributed by atoms with Crippen LogP contribution in [0.25, 0.3) is 0 Å². The molecule has 0 aromatic heterocycles. The van der Waals surface area contributed by atoms with Gasteiger partial charge >= 0.3 is 0 Å². The first-order valence-corrected chi connectivity index (χ1v) is 9.13. The van der Waals surface area contributed by atoms with Crippen molar-refractivity contribution >= 4 is 9.84 Å². The maximum absolute atomic E-state index is 12.0. The summed E-state index contributed by atoms with van der Waals surface area (Å²) in [7, 11) is -3.00. The summed E-state index contributed by atoms with van der Waals surface area (Å²) in [4.78, 5) is 0. The number of rotatable bonds is 8. The van der Waals surface area contributed by atoms with Crippen LogP contribution in [0.4, 0.5) is 0 Å². The first-order valence-electron chi connectivity index (χ1n) is 7.31. The number of terminal acetylenes is 1. The van der Waals surface area contributed by atoms with Crippen LogP contribution in [0.1, 0.15) is 45.1 Å². The molecular weight excluding hydrogens is 284 g/mol. The second-order valence-corrected chi connectivity index (χ2v) is 7.60. The summed E-state index contributed by atoms with van der Waals surface area (Å²) in [6.07, 6.45) is 6.60. The van der Waals surface area contributed by atoms with Gasteiger partial charge in [0.2, 0.25) is 0 Å². The highest BCUT2D eigenvalue weighted by Gasteiger charge is 2.17. The minimum absolute atomic E-state index is 0.0588. The topological polar surface area (TPSA) is 43.4 Å². The molecule has 4 heteroatoms. The summed E-state index contributed by atoms with van der Waals surface area (Å²) in [5, 5.41) is 0. The normalized spacial score (nSPS) is 14.2. The third kappa shape index (κ3) is 6.22. The van der Waals surface area contributed by atoms with Crippen LogP contribution in [0.3, 0.4) is 0 Å². The van der Waals surface area contributed by atoms with Crippen molar-refractivity contribution in [2.24, 2.45) is 0 Å². The molecule has 0 aliphatic rings. The molecule has 1 aromatic carbocycles. The van der Waals surface area contributed by atoms with Crippen LogP contribution in [0.5, 0.6) is 5.75 Å².